The molecule has 0 heterocycles. The van der Waals surface area contributed by atoms with Crippen molar-refractivity contribution < 1.29 is 24.2 Å². The van der Waals surface area contributed by atoms with Gasteiger partial charge in [-0.2, -0.15) is 22.4 Å². The van der Waals surface area contributed by atoms with E-state index in [9.17, 15) is 9.59 Å². The molecule has 0 aliphatic heterocycles. The number of hydrogen-bond donors (Lipinski definition) is 2. The van der Waals surface area contributed by atoms with Gasteiger partial charge in [0.15, 0.2) is 0 Å². The van der Waals surface area contributed by atoms with E-state index in [4.69, 9.17) is 14.6 Å². The van der Waals surface area contributed by atoms with Crippen LogP contribution in [0.5, 0.6) is 0 Å². The lowest BCUT2D eigenvalue weighted by atomic mass is 10.1. The van der Waals surface area contributed by atoms with Crippen molar-refractivity contribution in [1.82, 2.24) is 5.32 Å². The summed E-state index contributed by atoms with van der Waals surface area (Å²) >= 11 is 2.02. The lowest BCUT2D eigenvalue weighted by molar-refractivity contribution is -0.138. The fourth-order valence-electron chi connectivity index (χ4n) is 0.911. The fourth-order valence-corrected chi connectivity index (χ4v) is 1.12. The SMILES string of the molecule is O=C(O)CCOCCOCCNC(=O)/C=C/[B]I. The lowest BCUT2D eigenvalue weighted by Crippen LogP contribution is -2.26. The van der Waals surface area contributed by atoms with Crippen LogP contribution >= 0.6 is 22.4 Å². The van der Waals surface area contributed by atoms with Gasteiger partial charge < -0.3 is 19.9 Å². The maximum absolute atomic E-state index is 11.1. The summed E-state index contributed by atoms with van der Waals surface area (Å²) in [6.45, 7) is 1.75. The zero-order chi connectivity index (χ0) is 13.6. The van der Waals surface area contributed by atoms with E-state index in [1.807, 2.05) is 22.4 Å². The Morgan fingerprint density at radius 1 is 1.22 bits per heavy atom. The fraction of sp³-hybridized carbons (Fsp3) is 0.600. The number of carboxylic acids is 1. The molecule has 0 fully saturated rings. The molecular formula is C10H16BINO5. The van der Waals surface area contributed by atoms with Crippen LogP contribution in [0.2, 0.25) is 0 Å². The zero-order valence-electron chi connectivity index (χ0n) is 9.93. The third kappa shape index (κ3) is 13.5. The Morgan fingerprint density at radius 3 is 2.50 bits per heavy atom. The van der Waals surface area contributed by atoms with Crippen molar-refractivity contribution in [3.8, 4) is 0 Å². The first kappa shape index (κ1) is 17.4. The molecule has 0 rings (SSSR count). The van der Waals surface area contributed by atoms with E-state index in [0.717, 1.165) is 0 Å². The standard InChI is InChI=1S/C10H16BINO5/c12-11-3-1-9(14)13-4-6-18-8-7-17-5-2-10(15)16/h1,3H,2,4-8H2,(H,13,14)(H,15,16)/b3-1+. The molecule has 0 bridgehead atoms. The van der Waals surface area contributed by atoms with E-state index in [-0.39, 0.29) is 18.9 Å². The Bertz CT molecular complexity index is 275. The Kier molecular flexibility index (Phi) is 12.4. The number of halogens is 1. The van der Waals surface area contributed by atoms with Gasteiger partial charge in [-0.1, -0.05) is 0 Å². The number of aliphatic carboxylic acids is 1. The van der Waals surface area contributed by atoms with E-state index in [0.29, 0.717) is 26.4 Å². The minimum Gasteiger partial charge on any atom is -0.481 e. The van der Waals surface area contributed by atoms with Crippen LogP contribution in [0.3, 0.4) is 0 Å². The normalized spacial score (nSPS) is 10.5. The minimum absolute atomic E-state index is 0.00375. The molecule has 0 aromatic heterocycles. The van der Waals surface area contributed by atoms with E-state index in [2.05, 4.69) is 5.32 Å². The molecular weight excluding hydrogens is 352 g/mol. The highest BCUT2D eigenvalue weighted by molar-refractivity contribution is 14.1. The van der Waals surface area contributed by atoms with Gasteiger partial charge in [-0.05, 0) is 6.08 Å². The van der Waals surface area contributed by atoms with Crippen LogP contribution in [0.25, 0.3) is 0 Å². The predicted molar refractivity (Wildman–Crippen MR) is 75.8 cm³/mol. The van der Waals surface area contributed by atoms with Crippen LogP contribution in [0, 0.1) is 0 Å². The van der Waals surface area contributed by atoms with Crippen LogP contribution in [-0.4, -0.2) is 55.1 Å². The number of nitrogens with one attached hydrogen (secondary N) is 1. The molecule has 0 aliphatic carbocycles. The molecule has 0 unspecified atom stereocenters. The number of carbonyl (C=O) groups excluding carboxylic acids is 1. The summed E-state index contributed by atoms with van der Waals surface area (Å²) in [5, 5.41) is 12.7. The molecule has 6 nitrogen and oxygen atoms in total. The monoisotopic (exact) mass is 368 g/mol. The smallest absolute Gasteiger partial charge is 0.305 e. The second-order valence-electron chi connectivity index (χ2n) is 3.14. The molecule has 2 N–H and O–H groups in total. The lowest BCUT2D eigenvalue weighted by Gasteiger charge is -2.05. The van der Waals surface area contributed by atoms with Crippen molar-refractivity contribution in [1.29, 1.82) is 0 Å². The van der Waals surface area contributed by atoms with Gasteiger partial charge in [-0.25, -0.2) is 0 Å². The summed E-state index contributed by atoms with van der Waals surface area (Å²) in [7, 11) is 0. The average Bonchev–Trinajstić information content (AvgIpc) is 2.34. The van der Waals surface area contributed by atoms with Crippen molar-refractivity contribution in [2.75, 3.05) is 33.0 Å². The van der Waals surface area contributed by atoms with E-state index in [1.165, 1.54) is 6.08 Å². The van der Waals surface area contributed by atoms with Gasteiger partial charge in [0.25, 0.3) is 0 Å². The molecule has 0 spiro atoms. The average molecular weight is 368 g/mol. The molecule has 101 valence electrons. The van der Waals surface area contributed by atoms with Gasteiger partial charge in [0.2, 0.25) is 11.0 Å². The topological polar surface area (TPSA) is 84.9 Å². The molecule has 0 aromatic carbocycles. The van der Waals surface area contributed by atoms with Crippen molar-refractivity contribution in [2.45, 2.75) is 6.42 Å². The first-order valence-corrected chi connectivity index (χ1v) is 6.66. The number of hydrogen-bond acceptors (Lipinski definition) is 4. The maximum atomic E-state index is 11.1. The van der Waals surface area contributed by atoms with Gasteiger partial charge in [-0.15, -0.1) is 5.98 Å². The summed E-state index contributed by atoms with van der Waals surface area (Å²) in [5.41, 5.74) is 0. The second-order valence-corrected chi connectivity index (χ2v) is 3.86. The number of carbonyl (C=O) groups is 2. The highest BCUT2D eigenvalue weighted by Gasteiger charge is 1.97. The zero-order valence-corrected chi connectivity index (χ0v) is 12.1. The quantitative estimate of drug-likeness (QED) is 0.235. The Hall–Kier alpha value is -0.605. The summed E-state index contributed by atoms with van der Waals surface area (Å²) in [6, 6.07) is 0. The molecule has 0 saturated carbocycles. The van der Waals surface area contributed by atoms with Gasteiger partial charge in [0.1, 0.15) is 0 Å². The molecule has 0 saturated heterocycles. The van der Waals surface area contributed by atoms with Crippen LogP contribution in [-0.2, 0) is 19.1 Å². The molecule has 0 aromatic rings. The number of amides is 1. The van der Waals surface area contributed by atoms with Gasteiger partial charge in [0, 0.05) is 6.54 Å². The third-order valence-electron chi connectivity index (χ3n) is 1.70. The Morgan fingerprint density at radius 2 is 1.89 bits per heavy atom. The maximum Gasteiger partial charge on any atom is 0.305 e. The third-order valence-corrected chi connectivity index (χ3v) is 2.11. The van der Waals surface area contributed by atoms with Crippen molar-refractivity contribution in [2.24, 2.45) is 0 Å². The first-order chi connectivity index (χ1) is 8.66. The van der Waals surface area contributed by atoms with Crippen molar-refractivity contribution in [3.63, 3.8) is 0 Å². The summed E-state index contributed by atoms with van der Waals surface area (Å²) in [4.78, 5) is 21.2. The number of carboxylic acid groups (broad SMARTS) is 1. The second kappa shape index (κ2) is 12.8. The largest absolute Gasteiger partial charge is 0.481 e. The van der Waals surface area contributed by atoms with E-state index in [1.54, 1.807) is 11.1 Å². The van der Waals surface area contributed by atoms with Crippen molar-refractivity contribution in [3.05, 3.63) is 12.1 Å². The molecule has 1 amide bonds. The van der Waals surface area contributed by atoms with Crippen LogP contribution in [0.4, 0.5) is 0 Å². The van der Waals surface area contributed by atoms with Crippen LogP contribution < -0.4 is 5.32 Å². The highest BCUT2D eigenvalue weighted by atomic mass is 127. The summed E-state index contributed by atoms with van der Waals surface area (Å²) < 4.78 is 10.2. The first-order valence-electron chi connectivity index (χ1n) is 5.42. The van der Waals surface area contributed by atoms with Crippen LogP contribution in [0.15, 0.2) is 12.1 Å². The number of rotatable bonds is 11. The van der Waals surface area contributed by atoms with E-state index >= 15 is 0 Å². The van der Waals surface area contributed by atoms with Crippen LogP contribution in [0.1, 0.15) is 6.42 Å². The Labute approximate surface area is 120 Å². The van der Waals surface area contributed by atoms with Gasteiger partial charge in [-0.3, -0.25) is 9.59 Å². The van der Waals surface area contributed by atoms with Crippen molar-refractivity contribution >= 4 is 39.4 Å². The van der Waals surface area contributed by atoms with E-state index < -0.39 is 5.97 Å². The molecule has 18 heavy (non-hydrogen) atoms. The van der Waals surface area contributed by atoms with Gasteiger partial charge in [0.05, 0.1) is 32.8 Å². The molecule has 0 atom stereocenters. The minimum atomic E-state index is -0.879. The molecule has 8 heteroatoms. The predicted octanol–water partition coefficient (Wildman–Crippen LogP) is 0.178. The number of ether oxygens (including phenoxy) is 2. The summed E-state index contributed by atoms with van der Waals surface area (Å²) in [5.74, 6) is 0.604. The molecule has 0 aliphatic rings. The van der Waals surface area contributed by atoms with Gasteiger partial charge >= 0.3 is 5.97 Å². The Balaban J connectivity index is 3.18. The summed E-state index contributed by atoms with van der Waals surface area (Å²) in [6.07, 6.45) is 1.43. The molecule has 1 radical (unpaired) electrons. The highest BCUT2D eigenvalue weighted by Crippen LogP contribution is 1.84.